The third kappa shape index (κ3) is 3.88. The van der Waals surface area contributed by atoms with Crippen molar-refractivity contribution in [2.24, 2.45) is 7.05 Å². The highest BCUT2D eigenvalue weighted by Gasteiger charge is 2.12. The molecule has 2 N–H and O–H groups in total. The van der Waals surface area contributed by atoms with Gasteiger partial charge in [0, 0.05) is 12.7 Å². The first kappa shape index (κ1) is 17.2. The van der Waals surface area contributed by atoms with E-state index >= 15 is 0 Å². The van der Waals surface area contributed by atoms with Crippen LogP contribution in [0.1, 0.15) is 13.8 Å². The number of fused-ring (bicyclic) bond motifs is 1. The second-order valence-corrected chi connectivity index (χ2v) is 6.29. The molecule has 0 radical (unpaired) electrons. The van der Waals surface area contributed by atoms with Gasteiger partial charge in [-0.3, -0.25) is 4.68 Å². The van der Waals surface area contributed by atoms with E-state index in [4.69, 9.17) is 17.0 Å². The Morgan fingerprint density at radius 1 is 1.20 bits per heavy atom. The molecule has 3 rings (SSSR count). The van der Waals surface area contributed by atoms with Gasteiger partial charge in [-0.25, -0.2) is 4.39 Å². The Balaban J connectivity index is 1.81. The Bertz CT molecular complexity index is 923. The van der Waals surface area contributed by atoms with Gasteiger partial charge in [0.15, 0.2) is 5.11 Å². The van der Waals surface area contributed by atoms with Crippen LogP contribution in [0.2, 0.25) is 0 Å². The minimum absolute atomic E-state index is 0.0264. The van der Waals surface area contributed by atoms with Crippen molar-refractivity contribution in [3.05, 3.63) is 48.3 Å². The summed E-state index contributed by atoms with van der Waals surface area (Å²) in [5.74, 6) is 0.214. The van der Waals surface area contributed by atoms with Gasteiger partial charge in [0.05, 0.1) is 22.7 Å². The summed E-state index contributed by atoms with van der Waals surface area (Å²) < 4.78 is 21.2. The number of nitrogens with zero attached hydrogens (tertiary/aromatic N) is 2. The standard InChI is InChI=1S/C18H19FN4OS/c1-11(2)24-17-13-10-12(8-9-16(13)23(3)22-17)20-18(25)21-15-7-5-4-6-14(15)19/h4-11H,1-3H3,(H2,20,21,25). The number of nitrogens with one attached hydrogen (secondary N) is 2. The van der Waals surface area contributed by atoms with Crippen LogP contribution in [0.15, 0.2) is 42.5 Å². The van der Waals surface area contributed by atoms with Gasteiger partial charge < -0.3 is 15.4 Å². The summed E-state index contributed by atoms with van der Waals surface area (Å²) >= 11 is 5.27. The molecular formula is C18H19FN4OS. The minimum atomic E-state index is -0.359. The first-order valence-electron chi connectivity index (χ1n) is 7.90. The SMILES string of the molecule is CC(C)Oc1nn(C)c2ccc(NC(=S)Nc3ccccc3F)cc12. The van der Waals surface area contributed by atoms with Crippen molar-refractivity contribution < 1.29 is 9.13 Å². The largest absolute Gasteiger partial charge is 0.473 e. The predicted molar refractivity (Wildman–Crippen MR) is 103 cm³/mol. The molecule has 7 heteroatoms. The van der Waals surface area contributed by atoms with E-state index in [1.54, 1.807) is 22.9 Å². The number of aryl methyl sites for hydroxylation is 1. The van der Waals surface area contributed by atoms with Gasteiger partial charge in [-0.05, 0) is 56.4 Å². The molecule has 0 bridgehead atoms. The fraction of sp³-hybridized carbons (Fsp3) is 0.222. The third-order valence-corrected chi connectivity index (χ3v) is 3.75. The molecule has 130 valence electrons. The molecule has 0 aliphatic rings. The number of hydrogen-bond acceptors (Lipinski definition) is 3. The van der Waals surface area contributed by atoms with Crippen molar-refractivity contribution in [2.75, 3.05) is 10.6 Å². The third-order valence-electron chi connectivity index (χ3n) is 3.54. The van der Waals surface area contributed by atoms with Crippen LogP contribution in [0.5, 0.6) is 5.88 Å². The monoisotopic (exact) mass is 358 g/mol. The van der Waals surface area contributed by atoms with E-state index in [0.717, 1.165) is 16.6 Å². The Morgan fingerprint density at radius 2 is 1.96 bits per heavy atom. The summed E-state index contributed by atoms with van der Waals surface area (Å²) in [6, 6.07) is 12.1. The van der Waals surface area contributed by atoms with Gasteiger partial charge in [0.25, 0.3) is 0 Å². The van der Waals surface area contributed by atoms with Gasteiger partial charge in [-0.15, -0.1) is 5.10 Å². The predicted octanol–water partition coefficient (Wildman–Crippen LogP) is 4.31. The summed E-state index contributed by atoms with van der Waals surface area (Å²) in [6.45, 7) is 3.91. The Kier molecular flexibility index (Phi) is 4.85. The lowest BCUT2D eigenvalue weighted by molar-refractivity contribution is 0.233. The Morgan fingerprint density at radius 3 is 2.68 bits per heavy atom. The zero-order valence-corrected chi connectivity index (χ0v) is 15.0. The zero-order chi connectivity index (χ0) is 18.0. The van der Waals surface area contributed by atoms with Crippen molar-refractivity contribution in [2.45, 2.75) is 20.0 Å². The first-order chi connectivity index (χ1) is 11.9. The van der Waals surface area contributed by atoms with Crippen molar-refractivity contribution in [1.29, 1.82) is 0 Å². The summed E-state index contributed by atoms with van der Waals surface area (Å²) in [7, 11) is 1.87. The number of anilines is 2. The lowest BCUT2D eigenvalue weighted by Crippen LogP contribution is -2.19. The van der Waals surface area contributed by atoms with Crippen LogP contribution in [0.25, 0.3) is 10.9 Å². The number of thiocarbonyl (C=S) groups is 1. The van der Waals surface area contributed by atoms with Crippen molar-refractivity contribution in [3.8, 4) is 5.88 Å². The van der Waals surface area contributed by atoms with Crippen LogP contribution >= 0.6 is 12.2 Å². The fourth-order valence-electron chi connectivity index (χ4n) is 2.47. The highest BCUT2D eigenvalue weighted by atomic mass is 32.1. The first-order valence-corrected chi connectivity index (χ1v) is 8.31. The molecule has 0 aliphatic carbocycles. The van der Waals surface area contributed by atoms with Crippen molar-refractivity contribution in [3.63, 3.8) is 0 Å². The maximum absolute atomic E-state index is 13.7. The zero-order valence-electron chi connectivity index (χ0n) is 14.2. The molecule has 0 fully saturated rings. The second kappa shape index (κ2) is 7.06. The molecule has 0 spiro atoms. The van der Waals surface area contributed by atoms with Crippen LogP contribution in [0, 0.1) is 5.82 Å². The fourth-order valence-corrected chi connectivity index (χ4v) is 2.70. The van der Waals surface area contributed by atoms with E-state index in [0.29, 0.717) is 16.7 Å². The minimum Gasteiger partial charge on any atom is -0.473 e. The molecular weight excluding hydrogens is 339 g/mol. The van der Waals surface area contributed by atoms with Gasteiger partial charge in [0.1, 0.15) is 5.82 Å². The number of rotatable bonds is 4. The second-order valence-electron chi connectivity index (χ2n) is 5.89. The van der Waals surface area contributed by atoms with E-state index in [1.807, 2.05) is 39.1 Å². The number of ether oxygens (including phenoxy) is 1. The molecule has 0 aliphatic heterocycles. The average molecular weight is 358 g/mol. The number of halogens is 1. The number of para-hydroxylation sites is 1. The Labute approximate surface area is 150 Å². The van der Waals surface area contributed by atoms with Crippen LogP contribution in [-0.4, -0.2) is 21.0 Å². The van der Waals surface area contributed by atoms with Crippen molar-refractivity contribution >= 4 is 39.6 Å². The molecule has 3 aromatic rings. The molecule has 0 atom stereocenters. The molecule has 1 aromatic heterocycles. The number of aromatic nitrogens is 2. The van der Waals surface area contributed by atoms with E-state index in [1.165, 1.54) is 6.07 Å². The quantitative estimate of drug-likeness (QED) is 0.681. The smallest absolute Gasteiger partial charge is 0.241 e. The molecule has 0 amide bonds. The highest BCUT2D eigenvalue weighted by Crippen LogP contribution is 2.28. The van der Waals surface area contributed by atoms with Gasteiger partial charge in [-0.1, -0.05) is 12.1 Å². The molecule has 2 aromatic carbocycles. The molecule has 0 saturated carbocycles. The highest BCUT2D eigenvalue weighted by molar-refractivity contribution is 7.80. The van der Waals surface area contributed by atoms with Gasteiger partial charge in [-0.2, -0.15) is 0 Å². The van der Waals surface area contributed by atoms with E-state index in [-0.39, 0.29) is 11.9 Å². The lowest BCUT2D eigenvalue weighted by Gasteiger charge is -2.11. The lowest BCUT2D eigenvalue weighted by atomic mass is 10.2. The molecule has 1 heterocycles. The maximum Gasteiger partial charge on any atom is 0.241 e. The van der Waals surface area contributed by atoms with Crippen LogP contribution in [0.3, 0.4) is 0 Å². The van der Waals surface area contributed by atoms with Crippen LogP contribution in [0.4, 0.5) is 15.8 Å². The molecule has 25 heavy (non-hydrogen) atoms. The summed E-state index contributed by atoms with van der Waals surface area (Å²) in [4.78, 5) is 0. The van der Waals surface area contributed by atoms with Gasteiger partial charge >= 0.3 is 0 Å². The number of benzene rings is 2. The van der Waals surface area contributed by atoms with E-state index < -0.39 is 0 Å². The number of hydrogen-bond donors (Lipinski definition) is 2. The van der Waals surface area contributed by atoms with Gasteiger partial charge in [0.2, 0.25) is 5.88 Å². The molecule has 0 unspecified atom stereocenters. The van der Waals surface area contributed by atoms with Crippen LogP contribution < -0.4 is 15.4 Å². The molecule has 0 saturated heterocycles. The Hall–Kier alpha value is -2.67. The van der Waals surface area contributed by atoms with E-state index in [9.17, 15) is 4.39 Å². The summed E-state index contributed by atoms with van der Waals surface area (Å²) in [6.07, 6.45) is 0.0264. The summed E-state index contributed by atoms with van der Waals surface area (Å²) in [5, 5.41) is 11.5. The normalized spacial score (nSPS) is 10.9. The molecule has 5 nitrogen and oxygen atoms in total. The topological polar surface area (TPSA) is 51.1 Å². The summed E-state index contributed by atoms with van der Waals surface area (Å²) in [5.41, 5.74) is 2.04. The van der Waals surface area contributed by atoms with Crippen LogP contribution in [-0.2, 0) is 7.05 Å². The maximum atomic E-state index is 13.7. The average Bonchev–Trinajstić information content (AvgIpc) is 2.84. The van der Waals surface area contributed by atoms with E-state index in [2.05, 4.69) is 15.7 Å². The van der Waals surface area contributed by atoms with Crippen molar-refractivity contribution in [1.82, 2.24) is 9.78 Å².